The van der Waals surface area contributed by atoms with Gasteiger partial charge in [-0.3, -0.25) is 4.79 Å². The third-order valence-corrected chi connectivity index (χ3v) is 3.94. The molecule has 2 aromatic rings. The lowest BCUT2D eigenvalue weighted by atomic mass is 10.1. The number of amides is 1. The monoisotopic (exact) mass is 346 g/mol. The van der Waals surface area contributed by atoms with Crippen molar-refractivity contribution < 1.29 is 18.7 Å². The molecule has 1 fully saturated rings. The molecule has 1 saturated heterocycles. The minimum Gasteiger partial charge on any atom is -0.469 e. The molecule has 0 aromatic carbocycles. The van der Waals surface area contributed by atoms with Crippen LogP contribution in [0.2, 0.25) is 0 Å². The lowest BCUT2D eigenvalue weighted by Gasteiger charge is -2.34. The van der Waals surface area contributed by atoms with Gasteiger partial charge in [0.05, 0.1) is 32.5 Å². The van der Waals surface area contributed by atoms with Crippen molar-refractivity contribution in [3.63, 3.8) is 0 Å². The molecule has 0 bridgehead atoms. The lowest BCUT2D eigenvalue weighted by Crippen LogP contribution is -2.44. The number of rotatable bonds is 7. The number of carbonyl (C=O) groups is 1. The Hall–Kier alpha value is -2.45. The van der Waals surface area contributed by atoms with Crippen molar-refractivity contribution in [1.29, 1.82) is 0 Å². The van der Waals surface area contributed by atoms with Crippen LogP contribution in [0.1, 0.15) is 17.6 Å². The molecule has 0 radical (unpaired) electrons. The van der Waals surface area contributed by atoms with Gasteiger partial charge in [0.15, 0.2) is 5.82 Å². The van der Waals surface area contributed by atoms with Crippen LogP contribution in [0.3, 0.4) is 0 Å². The minimum atomic E-state index is -0.305. The summed E-state index contributed by atoms with van der Waals surface area (Å²) in [6, 6.07) is 5.06. The predicted octanol–water partition coefficient (Wildman–Crippen LogP) is 1.27. The number of furan rings is 1. The Morgan fingerprint density at radius 2 is 2.40 bits per heavy atom. The Labute approximate surface area is 146 Å². The van der Waals surface area contributed by atoms with Gasteiger partial charge in [-0.2, -0.15) is 0 Å². The number of ether oxygens (including phenoxy) is 2. The summed E-state index contributed by atoms with van der Waals surface area (Å²) >= 11 is 0. The second kappa shape index (κ2) is 8.59. The van der Waals surface area contributed by atoms with Crippen molar-refractivity contribution in [2.45, 2.75) is 12.5 Å². The maximum absolute atomic E-state index is 12.7. The van der Waals surface area contributed by atoms with Crippen LogP contribution in [-0.2, 0) is 20.7 Å². The fraction of sp³-hybridized carbons (Fsp3) is 0.471. The molecule has 3 rings (SSSR count). The highest BCUT2D eigenvalue weighted by Crippen LogP contribution is 2.23. The van der Waals surface area contributed by atoms with Crippen molar-refractivity contribution in [3.8, 4) is 0 Å². The highest BCUT2D eigenvalue weighted by molar-refractivity contribution is 5.78. The van der Waals surface area contributed by atoms with E-state index in [-0.39, 0.29) is 18.4 Å². The summed E-state index contributed by atoms with van der Waals surface area (Å²) in [5.41, 5.74) is 0. The summed E-state index contributed by atoms with van der Waals surface area (Å²) in [4.78, 5) is 23.3. The van der Waals surface area contributed by atoms with E-state index < -0.39 is 0 Å². The topological polar surface area (TPSA) is 89.7 Å². The van der Waals surface area contributed by atoms with Gasteiger partial charge in [-0.05, 0) is 18.2 Å². The van der Waals surface area contributed by atoms with Gasteiger partial charge in [0.1, 0.15) is 17.6 Å². The third-order valence-electron chi connectivity index (χ3n) is 3.94. The van der Waals surface area contributed by atoms with Crippen LogP contribution in [0.15, 0.2) is 35.1 Å². The zero-order chi connectivity index (χ0) is 17.5. The number of carbonyl (C=O) groups excluding carboxylic acids is 1. The number of nitrogens with zero attached hydrogens (tertiary/aromatic N) is 3. The third kappa shape index (κ3) is 4.55. The van der Waals surface area contributed by atoms with E-state index >= 15 is 0 Å². The van der Waals surface area contributed by atoms with Crippen molar-refractivity contribution in [2.75, 3.05) is 45.3 Å². The van der Waals surface area contributed by atoms with E-state index in [1.54, 1.807) is 42.7 Å². The average Bonchev–Trinajstić information content (AvgIpc) is 3.15. The van der Waals surface area contributed by atoms with Gasteiger partial charge in [0.25, 0.3) is 0 Å². The van der Waals surface area contributed by atoms with Gasteiger partial charge in [-0.1, -0.05) is 0 Å². The molecule has 0 saturated carbocycles. The first kappa shape index (κ1) is 17.4. The minimum absolute atomic E-state index is 0.0235. The first-order chi connectivity index (χ1) is 12.3. The molecule has 1 N–H and O–H groups in total. The second-order valence-electron chi connectivity index (χ2n) is 5.65. The van der Waals surface area contributed by atoms with Crippen LogP contribution in [-0.4, -0.2) is 60.8 Å². The van der Waals surface area contributed by atoms with Crippen LogP contribution in [0.5, 0.6) is 0 Å². The quantitative estimate of drug-likeness (QED) is 0.755. The molecule has 134 valence electrons. The van der Waals surface area contributed by atoms with Crippen LogP contribution < -0.4 is 5.32 Å². The highest BCUT2D eigenvalue weighted by Gasteiger charge is 2.31. The van der Waals surface area contributed by atoms with Crippen LogP contribution >= 0.6 is 0 Å². The molecular weight excluding hydrogens is 324 g/mol. The van der Waals surface area contributed by atoms with E-state index in [1.807, 2.05) is 0 Å². The summed E-state index contributed by atoms with van der Waals surface area (Å²) < 4.78 is 15.9. The Morgan fingerprint density at radius 1 is 1.48 bits per heavy atom. The van der Waals surface area contributed by atoms with Gasteiger partial charge < -0.3 is 24.1 Å². The summed E-state index contributed by atoms with van der Waals surface area (Å²) in [6.45, 7) is 2.63. The molecule has 1 atom stereocenters. The molecule has 1 aliphatic rings. The number of hydrogen-bond donors (Lipinski definition) is 1. The van der Waals surface area contributed by atoms with Gasteiger partial charge in [-0.15, -0.1) is 0 Å². The largest absolute Gasteiger partial charge is 0.469 e. The molecule has 2 aromatic heterocycles. The fourth-order valence-corrected chi connectivity index (χ4v) is 2.69. The smallest absolute Gasteiger partial charge is 0.230 e. The van der Waals surface area contributed by atoms with E-state index in [4.69, 9.17) is 13.9 Å². The van der Waals surface area contributed by atoms with Crippen LogP contribution in [0, 0.1) is 0 Å². The molecule has 8 heteroatoms. The molecule has 25 heavy (non-hydrogen) atoms. The van der Waals surface area contributed by atoms with Crippen molar-refractivity contribution in [1.82, 2.24) is 14.9 Å². The Balaban J connectivity index is 1.71. The zero-order valence-corrected chi connectivity index (χ0v) is 14.2. The molecule has 1 aliphatic heterocycles. The second-order valence-corrected chi connectivity index (χ2v) is 5.65. The number of aromatic nitrogens is 2. The van der Waals surface area contributed by atoms with Gasteiger partial charge >= 0.3 is 0 Å². The molecule has 0 aliphatic carbocycles. The summed E-state index contributed by atoms with van der Waals surface area (Å²) in [5, 5.41) is 3.17. The maximum Gasteiger partial charge on any atom is 0.230 e. The maximum atomic E-state index is 12.7. The molecule has 8 nitrogen and oxygen atoms in total. The SMILES string of the molecule is COCCNc1ccnc(C2COCCN2C(=O)Cc2ccco2)n1. The van der Waals surface area contributed by atoms with Gasteiger partial charge in [0, 0.05) is 26.4 Å². The van der Waals surface area contributed by atoms with Gasteiger partial charge in [-0.25, -0.2) is 9.97 Å². The normalized spacial score (nSPS) is 17.5. The van der Waals surface area contributed by atoms with Crippen molar-refractivity contribution >= 4 is 11.7 Å². The van der Waals surface area contributed by atoms with E-state index in [0.29, 0.717) is 50.3 Å². The van der Waals surface area contributed by atoms with Crippen molar-refractivity contribution in [3.05, 3.63) is 42.2 Å². The molecule has 1 amide bonds. The number of morpholine rings is 1. The first-order valence-electron chi connectivity index (χ1n) is 8.23. The standard InChI is InChI=1S/C17H22N4O4/c1-23-9-6-18-15-4-5-19-17(20-15)14-12-24-10-7-21(14)16(22)11-13-3-2-8-25-13/h2-5,8,14H,6-7,9-12H2,1H3,(H,18,19,20). The van der Waals surface area contributed by atoms with E-state index in [2.05, 4.69) is 15.3 Å². The number of methoxy groups -OCH3 is 1. The van der Waals surface area contributed by atoms with Crippen molar-refractivity contribution in [2.24, 2.45) is 0 Å². The number of anilines is 1. The Morgan fingerprint density at radius 3 is 3.20 bits per heavy atom. The predicted molar refractivity (Wildman–Crippen MR) is 90.1 cm³/mol. The molecule has 1 unspecified atom stereocenters. The number of hydrogen-bond acceptors (Lipinski definition) is 7. The number of nitrogens with one attached hydrogen (secondary N) is 1. The van der Waals surface area contributed by atoms with E-state index in [9.17, 15) is 4.79 Å². The highest BCUT2D eigenvalue weighted by atomic mass is 16.5. The molecule has 0 spiro atoms. The van der Waals surface area contributed by atoms with Crippen LogP contribution in [0.25, 0.3) is 0 Å². The lowest BCUT2D eigenvalue weighted by molar-refractivity contribution is -0.140. The zero-order valence-electron chi connectivity index (χ0n) is 14.2. The fourth-order valence-electron chi connectivity index (χ4n) is 2.69. The summed E-state index contributed by atoms with van der Waals surface area (Å²) in [5.74, 6) is 1.89. The molecule has 3 heterocycles. The average molecular weight is 346 g/mol. The van der Waals surface area contributed by atoms with E-state index in [0.717, 1.165) is 0 Å². The van der Waals surface area contributed by atoms with Gasteiger partial charge in [0.2, 0.25) is 5.91 Å². The summed E-state index contributed by atoms with van der Waals surface area (Å²) in [7, 11) is 1.65. The Bertz CT molecular complexity index is 677. The molecular formula is C17H22N4O4. The van der Waals surface area contributed by atoms with E-state index in [1.165, 1.54) is 0 Å². The van der Waals surface area contributed by atoms with Crippen LogP contribution in [0.4, 0.5) is 5.82 Å². The first-order valence-corrected chi connectivity index (χ1v) is 8.23. The summed E-state index contributed by atoms with van der Waals surface area (Å²) in [6.07, 6.45) is 3.47. The Kier molecular flexibility index (Phi) is 5.97.